The molecule has 0 aliphatic carbocycles. The van der Waals surface area contributed by atoms with Gasteiger partial charge in [0.05, 0.1) is 6.07 Å². The summed E-state index contributed by atoms with van der Waals surface area (Å²) in [5.74, 6) is -1.93. The molecule has 5 heteroatoms. The SMILES string of the molecule is CN(Cc1ccccc1)CC(C#N)C(F)(F)F. The molecule has 0 saturated heterocycles. The van der Waals surface area contributed by atoms with E-state index < -0.39 is 12.1 Å². The number of hydrogen-bond acceptors (Lipinski definition) is 2. The summed E-state index contributed by atoms with van der Waals surface area (Å²) >= 11 is 0. The van der Waals surface area contributed by atoms with Crippen molar-refractivity contribution < 1.29 is 13.2 Å². The topological polar surface area (TPSA) is 27.0 Å². The predicted molar refractivity (Wildman–Crippen MR) is 57.9 cm³/mol. The van der Waals surface area contributed by atoms with Gasteiger partial charge in [0.25, 0.3) is 0 Å². The van der Waals surface area contributed by atoms with Crippen LogP contribution in [-0.2, 0) is 6.54 Å². The number of benzene rings is 1. The number of halogens is 3. The smallest absolute Gasteiger partial charge is 0.300 e. The van der Waals surface area contributed by atoms with Crippen LogP contribution in [0.3, 0.4) is 0 Å². The van der Waals surface area contributed by atoms with Crippen LogP contribution < -0.4 is 0 Å². The third-order valence-corrected chi connectivity index (χ3v) is 2.34. The summed E-state index contributed by atoms with van der Waals surface area (Å²) in [6.45, 7) is 0.0873. The van der Waals surface area contributed by atoms with Gasteiger partial charge in [0.1, 0.15) is 0 Å². The molecule has 1 aromatic carbocycles. The summed E-state index contributed by atoms with van der Waals surface area (Å²) in [6, 6.07) is 10.5. The van der Waals surface area contributed by atoms with Crippen molar-refractivity contribution in [2.24, 2.45) is 5.92 Å². The van der Waals surface area contributed by atoms with E-state index in [-0.39, 0.29) is 6.54 Å². The molecule has 0 heterocycles. The summed E-state index contributed by atoms with van der Waals surface area (Å²) < 4.78 is 37.1. The van der Waals surface area contributed by atoms with Crippen LogP contribution >= 0.6 is 0 Å². The quantitative estimate of drug-likeness (QED) is 0.811. The van der Waals surface area contributed by atoms with Crippen LogP contribution in [-0.4, -0.2) is 24.7 Å². The van der Waals surface area contributed by atoms with Crippen molar-refractivity contribution in [1.29, 1.82) is 5.26 Å². The third-order valence-electron chi connectivity index (χ3n) is 2.34. The second-order valence-electron chi connectivity index (χ2n) is 3.91. The standard InChI is InChI=1S/C12H13F3N2/c1-17(8-10-5-3-2-4-6-10)9-11(7-16)12(13,14)15/h2-6,11H,8-9H2,1H3. The zero-order valence-electron chi connectivity index (χ0n) is 9.41. The molecule has 1 atom stereocenters. The highest BCUT2D eigenvalue weighted by Crippen LogP contribution is 2.26. The lowest BCUT2D eigenvalue weighted by Crippen LogP contribution is -2.33. The minimum Gasteiger partial charge on any atom is -0.300 e. The molecule has 0 amide bonds. The first-order valence-electron chi connectivity index (χ1n) is 5.12. The molecule has 1 unspecified atom stereocenters. The van der Waals surface area contributed by atoms with Crippen LogP contribution in [0.5, 0.6) is 0 Å². The van der Waals surface area contributed by atoms with E-state index in [0.717, 1.165) is 5.56 Å². The first-order chi connectivity index (χ1) is 7.93. The fourth-order valence-electron chi connectivity index (χ4n) is 1.49. The highest BCUT2D eigenvalue weighted by molar-refractivity contribution is 5.14. The van der Waals surface area contributed by atoms with Crippen molar-refractivity contribution in [2.75, 3.05) is 13.6 Å². The van der Waals surface area contributed by atoms with E-state index >= 15 is 0 Å². The summed E-state index contributed by atoms with van der Waals surface area (Å²) in [7, 11) is 1.57. The van der Waals surface area contributed by atoms with Gasteiger partial charge < -0.3 is 4.90 Å². The Morgan fingerprint density at radius 2 is 1.88 bits per heavy atom. The Kier molecular flexibility index (Phi) is 4.53. The summed E-state index contributed by atoms with van der Waals surface area (Å²) in [5, 5.41) is 8.48. The molecule has 2 nitrogen and oxygen atoms in total. The number of alkyl halides is 3. The van der Waals surface area contributed by atoms with E-state index in [1.54, 1.807) is 7.05 Å². The van der Waals surface area contributed by atoms with Gasteiger partial charge in [-0.25, -0.2) is 0 Å². The van der Waals surface area contributed by atoms with Gasteiger partial charge in [-0.15, -0.1) is 0 Å². The molecule has 0 saturated carbocycles. The van der Waals surface area contributed by atoms with Crippen molar-refractivity contribution in [3.63, 3.8) is 0 Å². The van der Waals surface area contributed by atoms with Crippen molar-refractivity contribution in [1.82, 2.24) is 4.90 Å². The van der Waals surface area contributed by atoms with Crippen LogP contribution in [0.4, 0.5) is 13.2 Å². The fraction of sp³-hybridized carbons (Fsp3) is 0.417. The van der Waals surface area contributed by atoms with E-state index in [4.69, 9.17) is 5.26 Å². The summed E-state index contributed by atoms with van der Waals surface area (Å²) in [5.41, 5.74) is 0.925. The fourth-order valence-corrected chi connectivity index (χ4v) is 1.49. The molecule has 17 heavy (non-hydrogen) atoms. The average Bonchev–Trinajstić information content (AvgIpc) is 2.25. The average molecular weight is 242 g/mol. The Morgan fingerprint density at radius 3 is 2.35 bits per heavy atom. The molecular formula is C12H13F3N2. The van der Waals surface area contributed by atoms with Gasteiger partial charge in [0.15, 0.2) is 5.92 Å². The largest absolute Gasteiger partial charge is 0.405 e. The number of nitrogens with zero attached hydrogens (tertiary/aromatic N) is 2. The van der Waals surface area contributed by atoms with E-state index in [2.05, 4.69) is 0 Å². The Morgan fingerprint density at radius 1 is 1.29 bits per heavy atom. The van der Waals surface area contributed by atoms with E-state index in [1.165, 1.54) is 11.0 Å². The summed E-state index contributed by atoms with van der Waals surface area (Å²) in [6.07, 6.45) is -4.46. The van der Waals surface area contributed by atoms with Crippen molar-refractivity contribution in [2.45, 2.75) is 12.7 Å². The molecule has 0 bridgehead atoms. The first-order valence-corrected chi connectivity index (χ1v) is 5.12. The Labute approximate surface area is 98.3 Å². The predicted octanol–water partition coefficient (Wildman–Crippen LogP) is 2.82. The van der Waals surface area contributed by atoms with Crippen LogP contribution in [0.1, 0.15) is 5.56 Å². The molecule has 0 aromatic heterocycles. The summed E-state index contributed by atoms with van der Waals surface area (Å²) in [4.78, 5) is 1.50. The molecule has 0 aliphatic heterocycles. The third kappa shape index (κ3) is 4.45. The maximum Gasteiger partial charge on any atom is 0.405 e. The monoisotopic (exact) mass is 242 g/mol. The van der Waals surface area contributed by atoms with Gasteiger partial charge >= 0.3 is 6.18 Å². The van der Waals surface area contributed by atoms with Crippen LogP contribution in [0, 0.1) is 17.2 Å². The zero-order valence-corrected chi connectivity index (χ0v) is 9.41. The van der Waals surface area contributed by atoms with Gasteiger partial charge in [0.2, 0.25) is 0 Å². The zero-order chi connectivity index (χ0) is 12.9. The molecular weight excluding hydrogens is 229 g/mol. The van der Waals surface area contributed by atoms with Crippen molar-refractivity contribution in [3.8, 4) is 6.07 Å². The van der Waals surface area contributed by atoms with Gasteiger partial charge in [0, 0.05) is 13.1 Å². The molecule has 0 aliphatic rings. The number of hydrogen-bond donors (Lipinski definition) is 0. The number of rotatable bonds is 4. The molecule has 92 valence electrons. The van der Waals surface area contributed by atoms with E-state index in [0.29, 0.717) is 6.54 Å². The van der Waals surface area contributed by atoms with Gasteiger partial charge in [-0.3, -0.25) is 0 Å². The Hall–Kier alpha value is -1.54. The molecule has 0 N–H and O–H groups in total. The minimum atomic E-state index is -4.46. The lowest BCUT2D eigenvalue weighted by atomic mass is 10.1. The number of nitriles is 1. The van der Waals surface area contributed by atoms with Crippen LogP contribution in [0.2, 0.25) is 0 Å². The second-order valence-corrected chi connectivity index (χ2v) is 3.91. The lowest BCUT2D eigenvalue weighted by molar-refractivity contribution is -0.162. The molecule has 1 aromatic rings. The van der Waals surface area contributed by atoms with Crippen LogP contribution in [0.25, 0.3) is 0 Å². The van der Waals surface area contributed by atoms with Crippen molar-refractivity contribution in [3.05, 3.63) is 35.9 Å². The van der Waals surface area contributed by atoms with Gasteiger partial charge in [-0.1, -0.05) is 30.3 Å². The van der Waals surface area contributed by atoms with Crippen LogP contribution in [0.15, 0.2) is 30.3 Å². The molecule has 1 rings (SSSR count). The van der Waals surface area contributed by atoms with E-state index in [9.17, 15) is 13.2 Å². The maximum atomic E-state index is 12.4. The lowest BCUT2D eigenvalue weighted by Gasteiger charge is -2.21. The van der Waals surface area contributed by atoms with Gasteiger partial charge in [-0.2, -0.15) is 18.4 Å². The van der Waals surface area contributed by atoms with Gasteiger partial charge in [-0.05, 0) is 12.6 Å². The Bertz CT molecular complexity index is 381. The molecule has 0 spiro atoms. The maximum absolute atomic E-state index is 12.4. The first kappa shape index (κ1) is 13.5. The normalized spacial score (nSPS) is 13.4. The second kappa shape index (κ2) is 5.69. The molecule has 0 radical (unpaired) electrons. The highest BCUT2D eigenvalue weighted by atomic mass is 19.4. The Balaban J connectivity index is 2.55. The van der Waals surface area contributed by atoms with E-state index in [1.807, 2.05) is 30.3 Å². The van der Waals surface area contributed by atoms with Crippen molar-refractivity contribution >= 4 is 0 Å². The molecule has 0 fully saturated rings. The highest BCUT2D eigenvalue weighted by Gasteiger charge is 2.40. The minimum absolute atomic E-state index is 0.311.